The van der Waals surface area contributed by atoms with Crippen LogP contribution in [0.3, 0.4) is 0 Å². The van der Waals surface area contributed by atoms with Gasteiger partial charge in [0.2, 0.25) is 0 Å². The number of likely N-dealkylation sites (N-methyl/N-ethyl adjacent to an activating group) is 1. The van der Waals surface area contributed by atoms with E-state index in [2.05, 4.69) is 5.32 Å². The number of carbonyl (C=O) groups is 2. The van der Waals surface area contributed by atoms with Crippen molar-refractivity contribution < 1.29 is 19.1 Å². The molecule has 2 fully saturated rings. The molecule has 1 heterocycles. The number of likely N-dealkylation sites (tertiary alicyclic amines) is 1. The summed E-state index contributed by atoms with van der Waals surface area (Å²) in [6.07, 6.45) is 3.38. The number of urea groups is 1. The second kappa shape index (κ2) is 8.90. The maximum absolute atomic E-state index is 13.3. The van der Waals surface area contributed by atoms with Gasteiger partial charge in [-0.05, 0) is 68.3 Å². The third kappa shape index (κ3) is 4.82. The van der Waals surface area contributed by atoms with Crippen molar-refractivity contribution in [1.82, 2.24) is 15.1 Å². The second-order valence-corrected chi connectivity index (χ2v) is 7.99. The fraction of sp³-hybridized carbons (Fsp3) is 0.619. The van der Waals surface area contributed by atoms with E-state index in [1.54, 1.807) is 6.07 Å². The number of benzene rings is 1. The number of nitrogens with zero attached hydrogens (tertiary/aromatic N) is 2. The predicted molar refractivity (Wildman–Crippen MR) is 105 cm³/mol. The summed E-state index contributed by atoms with van der Waals surface area (Å²) in [5.74, 6) is -0.651. The van der Waals surface area contributed by atoms with E-state index in [0.29, 0.717) is 25.6 Å². The number of piperidine rings is 1. The first kappa shape index (κ1) is 20.6. The van der Waals surface area contributed by atoms with Crippen LogP contribution in [0.25, 0.3) is 0 Å². The van der Waals surface area contributed by atoms with Gasteiger partial charge in [-0.2, -0.15) is 0 Å². The molecular formula is C21H30FN3O3. The molecule has 7 heteroatoms. The zero-order valence-electron chi connectivity index (χ0n) is 16.7. The first-order valence-electron chi connectivity index (χ1n) is 10.1. The Bertz CT molecular complexity index is 713. The molecule has 0 unspecified atom stereocenters. The summed E-state index contributed by atoms with van der Waals surface area (Å²) in [6, 6.07) is 5.29. The minimum absolute atomic E-state index is 0.0287. The van der Waals surface area contributed by atoms with Crippen LogP contribution in [0.5, 0.6) is 0 Å². The van der Waals surface area contributed by atoms with Crippen LogP contribution in [-0.4, -0.2) is 65.2 Å². The van der Waals surface area contributed by atoms with Crippen molar-refractivity contribution in [2.24, 2.45) is 0 Å². The maximum atomic E-state index is 13.3. The van der Waals surface area contributed by atoms with Gasteiger partial charge in [0.1, 0.15) is 5.82 Å². The molecule has 2 amide bonds. The highest BCUT2D eigenvalue weighted by atomic mass is 19.1. The predicted octanol–water partition coefficient (Wildman–Crippen LogP) is 2.96. The zero-order chi connectivity index (χ0) is 20.3. The molecule has 0 radical (unpaired) electrons. The van der Waals surface area contributed by atoms with Crippen molar-refractivity contribution in [3.8, 4) is 0 Å². The molecule has 154 valence electrons. The zero-order valence-corrected chi connectivity index (χ0v) is 16.7. The normalized spacial score (nSPS) is 22.8. The summed E-state index contributed by atoms with van der Waals surface area (Å²) in [6.45, 7) is 6.05. The fourth-order valence-electron chi connectivity index (χ4n) is 4.43. The number of carboxylic acids is 1. The van der Waals surface area contributed by atoms with E-state index in [-0.39, 0.29) is 30.5 Å². The average molecular weight is 391 g/mol. The molecule has 2 aliphatic rings. The average Bonchev–Trinajstić information content (AvgIpc) is 2.62. The van der Waals surface area contributed by atoms with E-state index in [1.807, 2.05) is 29.7 Å². The largest absolute Gasteiger partial charge is 0.480 e. The molecule has 1 saturated carbocycles. The second-order valence-electron chi connectivity index (χ2n) is 7.99. The topological polar surface area (TPSA) is 72.9 Å². The molecule has 1 aliphatic carbocycles. The number of carbonyl (C=O) groups excluding carboxylic acids is 1. The van der Waals surface area contributed by atoms with Crippen molar-refractivity contribution in [2.75, 3.05) is 26.2 Å². The Morgan fingerprint density at radius 3 is 2.54 bits per heavy atom. The van der Waals surface area contributed by atoms with Crippen molar-refractivity contribution in [3.05, 3.63) is 35.1 Å². The van der Waals surface area contributed by atoms with Gasteiger partial charge in [0, 0.05) is 25.2 Å². The van der Waals surface area contributed by atoms with E-state index in [4.69, 9.17) is 5.11 Å². The number of hydrogen-bond donors (Lipinski definition) is 2. The van der Waals surface area contributed by atoms with Gasteiger partial charge >= 0.3 is 12.0 Å². The Kier molecular flexibility index (Phi) is 6.54. The van der Waals surface area contributed by atoms with Crippen molar-refractivity contribution in [3.63, 3.8) is 0 Å². The van der Waals surface area contributed by atoms with E-state index in [0.717, 1.165) is 31.2 Å². The standard InChI is InChI=1S/C21H30FN3O3/c1-3-24(13-20(26)27)18-11-17(12-18)23-21(28)25-8-6-15(7-9-25)19-5-4-16(22)10-14(19)2/h4-5,10,15,17-18H,3,6-9,11-13H2,1-2H3,(H,23,28)(H,26,27). The lowest BCUT2D eigenvalue weighted by Gasteiger charge is -2.43. The van der Waals surface area contributed by atoms with Gasteiger partial charge < -0.3 is 15.3 Å². The van der Waals surface area contributed by atoms with Gasteiger partial charge in [-0.15, -0.1) is 0 Å². The lowest BCUT2D eigenvalue weighted by molar-refractivity contribution is -0.139. The van der Waals surface area contributed by atoms with Crippen molar-refractivity contribution >= 4 is 12.0 Å². The number of nitrogens with one attached hydrogen (secondary N) is 1. The molecule has 0 aromatic heterocycles. The van der Waals surface area contributed by atoms with Gasteiger partial charge in [-0.25, -0.2) is 9.18 Å². The summed E-state index contributed by atoms with van der Waals surface area (Å²) < 4.78 is 13.3. The molecule has 0 bridgehead atoms. The molecule has 1 aliphatic heterocycles. The third-order valence-electron chi connectivity index (χ3n) is 6.16. The van der Waals surface area contributed by atoms with Gasteiger partial charge in [-0.3, -0.25) is 9.69 Å². The summed E-state index contributed by atoms with van der Waals surface area (Å²) in [4.78, 5) is 27.3. The SMILES string of the molecule is CCN(CC(=O)O)C1CC(NC(=O)N2CCC(c3ccc(F)cc3C)CC2)C1. The summed E-state index contributed by atoms with van der Waals surface area (Å²) in [5, 5.41) is 12.0. The number of rotatable bonds is 6. The monoisotopic (exact) mass is 391 g/mol. The molecule has 3 rings (SSSR count). The third-order valence-corrected chi connectivity index (χ3v) is 6.16. The first-order valence-corrected chi connectivity index (χ1v) is 10.1. The van der Waals surface area contributed by atoms with Crippen LogP contribution in [-0.2, 0) is 4.79 Å². The summed E-state index contributed by atoms with van der Waals surface area (Å²) in [5.41, 5.74) is 2.16. The molecule has 6 nitrogen and oxygen atoms in total. The quantitative estimate of drug-likeness (QED) is 0.782. The Hall–Kier alpha value is -2.15. The van der Waals surface area contributed by atoms with Gasteiger partial charge in [-0.1, -0.05) is 13.0 Å². The Labute approximate surface area is 165 Å². The van der Waals surface area contributed by atoms with Crippen LogP contribution in [0.1, 0.15) is 49.7 Å². The Morgan fingerprint density at radius 2 is 1.96 bits per heavy atom. The van der Waals surface area contributed by atoms with Gasteiger partial charge in [0.05, 0.1) is 6.54 Å². The Balaban J connectivity index is 1.43. The number of amides is 2. The molecule has 1 saturated heterocycles. The highest BCUT2D eigenvalue weighted by molar-refractivity contribution is 5.75. The van der Waals surface area contributed by atoms with Crippen LogP contribution >= 0.6 is 0 Å². The highest BCUT2D eigenvalue weighted by Gasteiger charge is 2.36. The van der Waals surface area contributed by atoms with Crippen molar-refractivity contribution in [2.45, 2.75) is 57.5 Å². The van der Waals surface area contributed by atoms with E-state index >= 15 is 0 Å². The van der Waals surface area contributed by atoms with Crippen LogP contribution < -0.4 is 5.32 Å². The van der Waals surface area contributed by atoms with E-state index < -0.39 is 5.97 Å². The number of aryl methyl sites for hydroxylation is 1. The molecular weight excluding hydrogens is 361 g/mol. The van der Waals surface area contributed by atoms with Gasteiger partial charge in [0.15, 0.2) is 0 Å². The summed E-state index contributed by atoms with van der Waals surface area (Å²) >= 11 is 0. The highest BCUT2D eigenvalue weighted by Crippen LogP contribution is 2.31. The summed E-state index contributed by atoms with van der Waals surface area (Å²) in [7, 11) is 0. The molecule has 2 N–H and O–H groups in total. The van der Waals surface area contributed by atoms with Crippen LogP contribution in [0, 0.1) is 12.7 Å². The van der Waals surface area contributed by atoms with Crippen LogP contribution in [0.4, 0.5) is 9.18 Å². The van der Waals surface area contributed by atoms with Crippen molar-refractivity contribution in [1.29, 1.82) is 0 Å². The molecule has 0 spiro atoms. The maximum Gasteiger partial charge on any atom is 0.317 e. The molecule has 0 atom stereocenters. The molecule has 1 aromatic rings. The van der Waals surface area contributed by atoms with E-state index in [9.17, 15) is 14.0 Å². The first-order chi connectivity index (χ1) is 13.4. The van der Waals surface area contributed by atoms with Gasteiger partial charge in [0.25, 0.3) is 0 Å². The minimum atomic E-state index is -0.811. The smallest absolute Gasteiger partial charge is 0.317 e. The minimum Gasteiger partial charge on any atom is -0.480 e. The number of hydrogen-bond acceptors (Lipinski definition) is 3. The lowest BCUT2D eigenvalue weighted by atomic mass is 9.85. The van der Waals surface area contributed by atoms with Crippen LogP contribution in [0.15, 0.2) is 18.2 Å². The van der Waals surface area contributed by atoms with E-state index in [1.165, 1.54) is 11.6 Å². The molecule has 1 aromatic carbocycles. The number of halogens is 1. The van der Waals surface area contributed by atoms with Crippen LogP contribution in [0.2, 0.25) is 0 Å². The number of aliphatic carboxylic acids is 1. The fourth-order valence-corrected chi connectivity index (χ4v) is 4.43. The lowest BCUT2D eigenvalue weighted by Crippen LogP contribution is -2.57. The number of carboxylic acid groups (broad SMARTS) is 1. The molecule has 28 heavy (non-hydrogen) atoms. The Morgan fingerprint density at radius 1 is 1.29 bits per heavy atom.